The van der Waals surface area contributed by atoms with Crippen LogP contribution >= 0.6 is 0 Å². The van der Waals surface area contributed by atoms with Gasteiger partial charge >= 0.3 is 5.97 Å². The molecule has 3 rings (SSSR count). The van der Waals surface area contributed by atoms with Gasteiger partial charge in [0.15, 0.2) is 0 Å². The van der Waals surface area contributed by atoms with Crippen molar-refractivity contribution in [1.82, 2.24) is 9.55 Å². The number of carbonyl (C=O) groups is 1. The van der Waals surface area contributed by atoms with Crippen molar-refractivity contribution in [3.63, 3.8) is 0 Å². The van der Waals surface area contributed by atoms with Gasteiger partial charge in [0.1, 0.15) is 0 Å². The van der Waals surface area contributed by atoms with Crippen molar-refractivity contribution >= 4 is 17.0 Å². The molecule has 0 amide bonds. The van der Waals surface area contributed by atoms with E-state index in [0.717, 1.165) is 23.5 Å². The number of rotatable bonds is 5. The van der Waals surface area contributed by atoms with Crippen LogP contribution in [0.15, 0.2) is 24.5 Å². The van der Waals surface area contributed by atoms with Gasteiger partial charge in [0, 0.05) is 6.54 Å². The topological polar surface area (TPSA) is 55.1 Å². The van der Waals surface area contributed by atoms with Gasteiger partial charge in [-0.3, -0.25) is 0 Å². The van der Waals surface area contributed by atoms with Gasteiger partial charge in [0.25, 0.3) is 0 Å². The standard InChI is InChI=1S/C14H16N2O2/c17-14(18)11-5-6-13-12(8-11)15-9-16(13)7-1-2-10-3-4-10/h5-6,8-10H,1-4,7H2,(H,17,18). The van der Waals surface area contributed by atoms with E-state index in [4.69, 9.17) is 5.11 Å². The van der Waals surface area contributed by atoms with Crippen molar-refractivity contribution in [2.75, 3.05) is 0 Å². The Labute approximate surface area is 105 Å². The van der Waals surface area contributed by atoms with Crippen LogP contribution in [0.5, 0.6) is 0 Å². The maximum atomic E-state index is 10.9. The van der Waals surface area contributed by atoms with Crippen molar-refractivity contribution in [3.05, 3.63) is 30.1 Å². The summed E-state index contributed by atoms with van der Waals surface area (Å²) in [6, 6.07) is 5.13. The van der Waals surface area contributed by atoms with Crippen molar-refractivity contribution in [1.29, 1.82) is 0 Å². The molecule has 0 bridgehead atoms. The Kier molecular flexibility index (Phi) is 2.78. The number of nitrogens with zero attached hydrogens (tertiary/aromatic N) is 2. The van der Waals surface area contributed by atoms with E-state index >= 15 is 0 Å². The molecule has 1 aromatic carbocycles. The largest absolute Gasteiger partial charge is 0.478 e. The van der Waals surface area contributed by atoms with Crippen LogP contribution in [-0.4, -0.2) is 20.6 Å². The number of fused-ring (bicyclic) bond motifs is 1. The number of aromatic nitrogens is 2. The number of aryl methyl sites for hydroxylation is 1. The molecule has 0 radical (unpaired) electrons. The molecule has 1 N–H and O–H groups in total. The number of benzene rings is 1. The second-order valence-electron chi connectivity index (χ2n) is 5.03. The lowest BCUT2D eigenvalue weighted by molar-refractivity contribution is 0.0697. The molecule has 94 valence electrons. The summed E-state index contributed by atoms with van der Waals surface area (Å²) in [4.78, 5) is 15.1. The molecule has 1 heterocycles. The molecule has 0 spiro atoms. The normalized spacial score (nSPS) is 15.1. The molecule has 1 aliphatic carbocycles. The van der Waals surface area contributed by atoms with Gasteiger partial charge in [-0.1, -0.05) is 12.8 Å². The fraction of sp³-hybridized carbons (Fsp3) is 0.429. The zero-order valence-electron chi connectivity index (χ0n) is 10.2. The molecule has 4 heteroatoms. The molecule has 4 nitrogen and oxygen atoms in total. The zero-order valence-corrected chi connectivity index (χ0v) is 10.2. The first-order chi connectivity index (χ1) is 8.74. The summed E-state index contributed by atoms with van der Waals surface area (Å²) in [6.45, 7) is 0.972. The predicted molar refractivity (Wildman–Crippen MR) is 68.7 cm³/mol. The molecule has 18 heavy (non-hydrogen) atoms. The van der Waals surface area contributed by atoms with Crippen LogP contribution in [0.1, 0.15) is 36.0 Å². The average molecular weight is 244 g/mol. The van der Waals surface area contributed by atoms with Crippen LogP contribution in [0.4, 0.5) is 0 Å². The van der Waals surface area contributed by atoms with E-state index in [0.29, 0.717) is 5.56 Å². The van der Waals surface area contributed by atoms with Crippen LogP contribution in [0.2, 0.25) is 0 Å². The smallest absolute Gasteiger partial charge is 0.335 e. The van der Waals surface area contributed by atoms with Crippen LogP contribution < -0.4 is 0 Å². The second kappa shape index (κ2) is 4.44. The Morgan fingerprint density at radius 3 is 3.00 bits per heavy atom. The monoisotopic (exact) mass is 244 g/mol. The van der Waals surface area contributed by atoms with E-state index in [1.54, 1.807) is 12.1 Å². The van der Waals surface area contributed by atoms with Gasteiger partial charge in [-0.05, 0) is 37.0 Å². The third kappa shape index (κ3) is 2.23. The Morgan fingerprint density at radius 2 is 2.28 bits per heavy atom. The van der Waals surface area contributed by atoms with E-state index in [1.807, 2.05) is 12.4 Å². The van der Waals surface area contributed by atoms with Gasteiger partial charge in [0.05, 0.1) is 22.9 Å². The minimum absolute atomic E-state index is 0.297. The molecular weight excluding hydrogens is 228 g/mol. The summed E-state index contributed by atoms with van der Waals surface area (Å²) in [7, 11) is 0. The van der Waals surface area contributed by atoms with Crippen LogP contribution in [-0.2, 0) is 6.54 Å². The maximum Gasteiger partial charge on any atom is 0.335 e. The quantitative estimate of drug-likeness (QED) is 0.879. The fourth-order valence-electron chi connectivity index (χ4n) is 2.33. The molecule has 0 saturated heterocycles. The molecule has 2 aromatic rings. The van der Waals surface area contributed by atoms with E-state index in [1.165, 1.54) is 25.7 Å². The van der Waals surface area contributed by atoms with E-state index < -0.39 is 5.97 Å². The first-order valence-corrected chi connectivity index (χ1v) is 6.42. The third-order valence-electron chi connectivity index (χ3n) is 3.58. The number of imidazole rings is 1. The summed E-state index contributed by atoms with van der Waals surface area (Å²) in [5.41, 5.74) is 2.09. The highest BCUT2D eigenvalue weighted by Crippen LogP contribution is 2.33. The number of carboxylic acid groups (broad SMARTS) is 1. The minimum Gasteiger partial charge on any atom is -0.478 e. The maximum absolute atomic E-state index is 10.9. The predicted octanol–water partition coefficient (Wildman–Crippen LogP) is 2.92. The van der Waals surface area contributed by atoms with Crippen LogP contribution in [0.25, 0.3) is 11.0 Å². The van der Waals surface area contributed by atoms with Crippen molar-refractivity contribution in [2.45, 2.75) is 32.2 Å². The van der Waals surface area contributed by atoms with Gasteiger partial charge in [-0.2, -0.15) is 0 Å². The molecule has 1 aromatic heterocycles. The average Bonchev–Trinajstić information content (AvgIpc) is 3.09. The van der Waals surface area contributed by atoms with Crippen molar-refractivity contribution < 1.29 is 9.90 Å². The Hall–Kier alpha value is -1.84. The highest BCUT2D eigenvalue weighted by Gasteiger charge is 2.20. The lowest BCUT2D eigenvalue weighted by Gasteiger charge is -2.03. The van der Waals surface area contributed by atoms with Crippen LogP contribution in [0.3, 0.4) is 0 Å². The minimum atomic E-state index is -0.903. The molecule has 0 atom stereocenters. The molecule has 0 unspecified atom stereocenters. The van der Waals surface area contributed by atoms with Gasteiger partial charge in [-0.25, -0.2) is 9.78 Å². The summed E-state index contributed by atoms with van der Waals surface area (Å²) >= 11 is 0. The van der Waals surface area contributed by atoms with Gasteiger partial charge in [0.2, 0.25) is 0 Å². The second-order valence-corrected chi connectivity index (χ2v) is 5.03. The molecule has 1 saturated carbocycles. The fourth-order valence-corrected chi connectivity index (χ4v) is 2.33. The molecule has 1 fully saturated rings. The Bertz CT molecular complexity index is 584. The number of hydrogen-bond acceptors (Lipinski definition) is 2. The highest BCUT2D eigenvalue weighted by molar-refractivity contribution is 5.92. The van der Waals surface area contributed by atoms with E-state index in [-0.39, 0.29) is 0 Å². The van der Waals surface area contributed by atoms with Crippen LogP contribution in [0, 0.1) is 5.92 Å². The Morgan fingerprint density at radius 1 is 1.44 bits per heavy atom. The summed E-state index contributed by atoms with van der Waals surface area (Å²) in [6.07, 6.45) is 7.08. The van der Waals surface area contributed by atoms with Gasteiger partial charge in [-0.15, -0.1) is 0 Å². The number of hydrogen-bond donors (Lipinski definition) is 1. The SMILES string of the molecule is O=C(O)c1ccc2c(c1)ncn2CCCC1CC1. The number of carboxylic acids is 1. The molecule has 1 aliphatic rings. The highest BCUT2D eigenvalue weighted by atomic mass is 16.4. The lowest BCUT2D eigenvalue weighted by Crippen LogP contribution is -1.98. The number of aromatic carboxylic acids is 1. The molecular formula is C14H16N2O2. The molecule has 0 aliphatic heterocycles. The van der Waals surface area contributed by atoms with Crippen molar-refractivity contribution in [3.8, 4) is 0 Å². The lowest BCUT2D eigenvalue weighted by atomic mass is 10.2. The van der Waals surface area contributed by atoms with Crippen molar-refractivity contribution in [2.24, 2.45) is 5.92 Å². The first-order valence-electron chi connectivity index (χ1n) is 6.42. The van der Waals surface area contributed by atoms with E-state index in [9.17, 15) is 4.79 Å². The van der Waals surface area contributed by atoms with E-state index in [2.05, 4.69) is 9.55 Å². The summed E-state index contributed by atoms with van der Waals surface area (Å²) in [5, 5.41) is 8.93. The Balaban J connectivity index is 1.77. The third-order valence-corrected chi connectivity index (χ3v) is 3.58. The summed E-state index contributed by atoms with van der Waals surface area (Å²) in [5.74, 6) is 0.0542. The van der Waals surface area contributed by atoms with Gasteiger partial charge < -0.3 is 9.67 Å². The zero-order chi connectivity index (χ0) is 12.5. The summed E-state index contributed by atoms with van der Waals surface area (Å²) < 4.78 is 2.11. The first kappa shape index (κ1) is 11.3.